The molecule has 2 aliphatic heterocycles. The van der Waals surface area contributed by atoms with E-state index in [-0.39, 0.29) is 28.8 Å². The van der Waals surface area contributed by atoms with E-state index in [0.717, 1.165) is 17.3 Å². The average molecular weight is 339 g/mol. The van der Waals surface area contributed by atoms with E-state index in [9.17, 15) is 14.4 Å². The maximum Gasteiger partial charge on any atom is 0.289 e. The summed E-state index contributed by atoms with van der Waals surface area (Å²) in [5.41, 5.74) is 1.03. The van der Waals surface area contributed by atoms with Gasteiger partial charge in [-0.3, -0.25) is 19.3 Å². The summed E-state index contributed by atoms with van der Waals surface area (Å²) in [5, 5.41) is 0.471. The number of carbonyl (C=O) groups excluding carboxylic acids is 3. The normalized spacial score (nSPS) is 18.8. The Labute approximate surface area is 137 Å². The van der Waals surface area contributed by atoms with Gasteiger partial charge in [0.15, 0.2) is 0 Å². The van der Waals surface area contributed by atoms with Crippen LogP contribution in [0.1, 0.15) is 12.0 Å². The van der Waals surface area contributed by atoms with Crippen LogP contribution in [0.3, 0.4) is 0 Å². The smallest absolute Gasteiger partial charge is 0.289 e. The number of likely N-dealkylation sites (tertiary alicyclic amines) is 1. The highest BCUT2D eigenvalue weighted by molar-refractivity contribution is 8.14. The van der Waals surface area contributed by atoms with Crippen LogP contribution in [0.15, 0.2) is 24.3 Å². The van der Waals surface area contributed by atoms with Gasteiger partial charge in [-0.05, 0) is 24.1 Å². The van der Waals surface area contributed by atoms with Crippen LogP contribution in [-0.4, -0.2) is 51.7 Å². The summed E-state index contributed by atoms with van der Waals surface area (Å²) in [4.78, 5) is 38.3. The lowest BCUT2D eigenvalue weighted by Gasteiger charge is -2.42. The largest absolute Gasteiger partial charge is 0.338 e. The number of rotatable bonds is 4. The second-order valence-electron chi connectivity index (χ2n) is 5.40. The molecule has 3 amide bonds. The van der Waals surface area contributed by atoms with Gasteiger partial charge in [-0.1, -0.05) is 35.5 Å². The number of benzene rings is 1. The van der Waals surface area contributed by atoms with Gasteiger partial charge >= 0.3 is 0 Å². The highest BCUT2D eigenvalue weighted by atomic mass is 35.5. The van der Waals surface area contributed by atoms with Gasteiger partial charge in [0.25, 0.3) is 5.24 Å². The molecule has 2 aliphatic rings. The third-order valence-electron chi connectivity index (χ3n) is 3.88. The topological polar surface area (TPSA) is 57.7 Å². The molecule has 2 heterocycles. The third kappa shape index (κ3) is 3.13. The van der Waals surface area contributed by atoms with E-state index in [1.165, 1.54) is 4.90 Å². The molecule has 22 heavy (non-hydrogen) atoms. The molecule has 5 nitrogen and oxygen atoms in total. The Hall–Kier alpha value is -1.53. The van der Waals surface area contributed by atoms with Crippen molar-refractivity contribution in [1.29, 1.82) is 0 Å². The van der Waals surface area contributed by atoms with Gasteiger partial charge in [-0.25, -0.2) is 0 Å². The van der Waals surface area contributed by atoms with E-state index in [1.54, 1.807) is 11.0 Å². The van der Waals surface area contributed by atoms with Crippen LogP contribution in [0.2, 0.25) is 5.02 Å². The first-order chi connectivity index (χ1) is 10.5. The lowest BCUT2D eigenvalue weighted by atomic mass is 10.0. The summed E-state index contributed by atoms with van der Waals surface area (Å²) in [6.45, 7) is 0.902. The quantitative estimate of drug-likeness (QED) is 0.844. The van der Waals surface area contributed by atoms with Crippen LogP contribution in [-0.2, 0) is 16.0 Å². The maximum atomic E-state index is 12.1. The monoisotopic (exact) mass is 338 g/mol. The highest BCUT2D eigenvalue weighted by Crippen LogP contribution is 2.26. The van der Waals surface area contributed by atoms with Crippen LogP contribution >= 0.6 is 23.4 Å². The number of nitrogens with zero attached hydrogens (tertiary/aromatic N) is 2. The second-order valence-corrected chi connectivity index (χ2v) is 6.76. The molecule has 3 rings (SSSR count). The number of hydrogen-bond donors (Lipinski definition) is 0. The molecule has 0 aromatic heterocycles. The van der Waals surface area contributed by atoms with E-state index in [0.29, 0.717) is 31.0 Å². The van der Waals surface area contributed by atoms with Crippen molar-refractivity contribution in [3.05, 3.63) is 34.9 Å². The predicted octanol–water partition coefficient (Wildman–Crippen LogP) is 2.18. The first-order valence-electron chi connectivity index (χ1n) is 7.05. The van der Waals surface area contributed by atoms with Crippen molar-refractivity contribution in [1.82, 2.24) is 9.80 Å². The minimum absolute atomic E-state index is 0.0444. The third-order valence-corrected chi connectivity index (χ3v) is 4.95. The number of halogens is 1. The average Bonchev–Trinajstić information content (AvgIpc) is 2.76. The van der Waals surface area contributed by atoms with Crippen molar-refractivity contribution in [3.63, 3.8) is 0 Å². The van der Waals surface area contributed by atoms with Gasteiger partial charge in [-0.2, -0.15) is 0 Å². The molecular weight excluding hydrogens is 324 g/mol. The molecule has 116 valence electrons. The molecule has 0 unspecified atom stereocenters. The van der Waals surface area contributed by atoms with Crippen LogP contribution in [0.25, 0.3) is 0 Å². The van der Waals surface area contributed by atoms with Crippen molar-refractivity contribution in [2.75, 3.05) is 18.8 Å². The van der Waals surface area contributed by atoms with Crippen LogP contribution in [0, 0.1) is 0 Å². The van der Waals surface area contributed by atoms with Gasteiger partial charge in [0.05, 0.1) is 11.8 Å². The molecule has 0 spiro atoms. The molecule has 0 saturated carbocycles. The van der Waals surface area contributed by atoms with Crippen LogP contribution < -0.4 is 0 Å². The molecule has 1 aromatic carbocycles. The Morgan fingerprint density at radius 3 is 2.73 bits per heavy atom. The van der Waals surface area contributed by atoms with Crippen molar-refractivity contribution in [2.45, 2.75) is 18.9 Å². The molecule has 2 fully saturated rings. The van der Waals surface area contributed by atoms with Crippen molar-refractivity contribution < 1.29 is 14.4 Å². The highest BCUT2D eigenvalue weighted by Gasteiger charge is 2.43. The molecule has 0 bridgehead atoms. The number of thioether (sulfide) groups is 1. The van der Waals surface area contributed by atoms with Gasteiger partial charge in [0.1, 0.15) is 0 Å². The summed E-state index contributed by atoms with van der Waals surface area (Å²) in [7, 11) is 0. The Morgan fingerprint density at radius 1 is 1.32 bits per heavy atom. The van der Waals surface area contributed by atoms with Crippen LogP contribution in [0.4, 0.5) is 4.79 Å². The summed E-state index contributed by atoms with van der Waals surface area (Å²) in [6, 6.07) is 7.31. The number of hydrogen-bond acceptors (Lipinski definition) is 4. The Morgan fingerprint density at radius 2 is 2.09 bits per heavy atom. The first-order valence-corrected chi connectivity index (χ1v) is 8.42. The molecule has 1 aromatic rings. The van der Waals surface area contributed by atoms with Crippen molar-refractivity contribution in [3.8, 4) is 0 Å². The van der Waals surface area contributed by atoms with Crippen molar-refractivity contribution >= 4 is 40.4 Å². The molecule has 0 atom stereocenters. The number of imide groups is 1. The summed E-state index contributed by atoms with van der Waals surface area (Å²) >= 11 is 6.94. The van der Waals surface area contributed by atoms with Gasteiger partial charge < -0.3 is 4.90 Å². The first kappa shape index (κ1) is 15.4. The van der Waals surface area contributed by atoms with Crippen LogP contribution in [0.5, 0.6) is 0 Å². The number of aryl methyl sites for hydroxylation is 1. The van der Waals surface area contributed by atoms with Gasteiger partial charge in [0, 0.05) is 24.5 Å². The molecule has 0 aliphatic carbocycles. The number of amides is 3. The second kappa shape index (κ2) is 6.30. The van der Waals surface area contributed by atoms with Gasteiger partial charge in [0.2, 0.25) is 11.8 Å². The van der Waals surface area contributed by atoms with E-state index in [1.807, 2.05) is 18.2 Å². The molecule has 2 saturated heterocycles. The van der Waals surface area contributed by atoms with Crippen molar-refractivity contribution in [2.24, 2.45) is 0 Å². The zero-order chi connectivity index (χ0) is 15.7. The molecule has 0 radical (unpaired) electrons. The minimum atomic E-state index is -0.193. The number of carbonyl (C=O) groups is 3. The summed E-state index contributed by atoms with van der Waals surface area (Å²) in [5.74, 6) is 0.118. The zero-order valence-electron chi connectivity index (χ0n) is 11.8. The maximum absolute atomic E-state index is 12.1. The molecule has 7 heteroatoms. The standard InChI is InChI=1S/C15H15ClN2O3S/c16-11-3-1-2-10(6-11)4-5-13(19)17-7-12(8-17)18-14(20)9-22-15(18)21/h1-3,6,12H,4-5,7-9H2. The minimum Gasteiger partial charge on any atom is -0.338 e. The lowest BCUT2D eigenvalue weighted by Crippen LogP contribution is -2.62. The lowest BCUT2D eigenvalue weighted by molar-refractivity contribution is -0.142. The van der Waals surface area contributed by atoms with E-state index in [4.69, 9.17) is 11.6 Å². The zero-order valence-corrected chi connectivity index (χ0v) is 13.4. The predicted molar refractivity (Wildman–Crippen MR) is 84.8 cm³/mol. The van der Waals surface area contributed by atoms with E-state index < -0.39 is 0 Å². The summed E-state index contributed by atoms with van der Waals surface area (Å²) < 4.78 is 0. The van der Waals surface area contributed by atoms with E-state index >= 15 is 0 Å². The molecule has 0 N–H and O–H groups in total. The van der Waals surface area contributed by atoms with E-state index in [2.05, 4.69) is 0 Å². The SMILES string of the molecule is O=C(CCc1cccc(Cl)c1)N1CC(N2C(=O)CSC2=O)C1. The summed E-state index contributed by atoms with van der Waals surface area (Å²) in [6.07, 6.45) is 1.04. The fourth-order valence-corrected chi connectivity index (χ4v) is 3.63. The fourth-order valence-electron chi connectivity index (χ4n) is 2.64. The fraction of sp³-hybridized carbons (Fsp3) is 0.400. The Balaban J connectivity index is 1.47. The Bertz CT molecular complexity index is 615. The van der Waals surface area contributed by atoms with Gasteiger partial charge in [-0.15, -0.1) is 0 Å². The Kier molecular flexibility index (Phi) is 4.40. The molecular formula is C15H15ClN2O3S.